The summed E-state index contributed by atoms with van der Waals surface area (Å²) in [4.78, 5) is 14.4. The molecule has 0 spiro atoms. The van der Waals surface area contributed by atoms with Crippen molar-refractivity contribution in [1.29, 1.82) is 5.26 Å². The average Bonchev–Trinajstić information content (AvgIpc) is 3.07. The summed E-state index contributed by atoms with van der Waals surface area (Å²) in [7, 11) is 0. The molecule has 0 heterocycles. The number of hydrogen-bond acceptors (Lipinski definition) is 3. The lowest BCUT2D eigenvalue weighted by molar-refractivity contribution is -0.120. The number of aryl methyl sites for hydroxylation is 2. The van der Waals surface area contributed by atoms with Crippen molar-refractivity contribution in [3.8, 4) is 6.07 Å². The van der Waals surface area contributed by atoms with Crippen molar-refractivity contribution in [1.82, 2.24) is 0 Å². The van der Waals surface area contributed by atoms with Crippen LogP contribution in [0, 0.1) is 31.8 Å². The number of carbonyl (C=O) groups is 1. The van der Waals surface area contributed by atoms with E-state index in [0.29, 0.717) is 12.0 Å². The minimum Gasteiger partial charge on any atom is -0.381 e. The maximum atomic E-state index is 11.5. The van der Waals surface area contributed by atoms with E-state index in [1.807, 2.05) is 31.2 Å². The number of aliphatic hydroxyl groups is 1. The Kier molecular flexibility index (Phi) is 4.20. The first-order valence-electron chi connectivity index (χ1n) is 20.4. The van der Waals surface area contributed by atoms with E-state index in [4.69, 9.17) is 40.6 Å². The molecule has 4 heteroatoms. The Labute approximate surface area is 235 Å². The van der Waals surface area contributed by atoms with Gasteiger partial charge in [-0.25, -0.2) is 6.57 Å². The fourth-order valence-electron chi connectivity index (χ4n) is 2.53. The van der Waals surface area contributed by atoms with Crippen LogP contribution in [-0.4, -0.2) is 16.5 Å². The number of ketones is 1. The van der Waals surface area contributed by atoms with Gasteiger partial charge in [0.25, 0.3) is 6.02 Å². The number of nitrogens with zero attached hydrogens (tertiary/aromatic N) is 2. The summed E-state index contributed by atoms with van der Waals surface area (Å²) >= 11 is 0. The number of nitriles is 1. The number of hydrogen-bond donors (Lipinski definition) is 1. The number of Topliss-reactive ketones (excluding diaryl/α,β-unsaturated/α-hetero) is 1. The predicted molar refractivity (Wildman–Crippen MR) is 137 cm³/mol. The second kappa shape index (κ2) is 14.3. The van der Waals surface area contributed by atoms with E-state index in [-0.39, 0.29) is 5.56 Å². The van der Waals surface area contributed by atoms with Crippen LogP contribution in [0.2, 0.25) is 0 Å². The van der Waals surface area contributed by atoms with E-state index in [1.165, 1.54) is 29.8 Å². The van der Waals surface area contributed by atoms with Crippen LogP contribution in [0.3, 0.4) is 0 Å². The third-order valence-corrected chi connectivity index (χ3v) is 4.27. The monoisotopic (exact) mass is 479 g/mol. The van der Waals surface area contributed by atoms with Crippen molar-refractivity contribution in [3.05, 3.63) is 82.2 Å². The zero-order valence-electron chi connectivity index (χ0n) is 39.6. The van der Waals surface area contributed by atoms with Crippen molar-refractivity contribution in [2.24, 2.45) is 0 Å². The minimum atomic E-state index is -3.91. The molecular formula is C30H38N2O2. The largest absolute Gasteiger partial charge is 0.381 e. The molecule has 2 aliphatic carbocycles. The summed E-state index contributed by atoms with van der Waals surface area (Å²) in [6, 6.07) is 12.1. The second-order valence-corrected chi connectivity index (χ2v) is 6.94. The SMILES string of the molecule is Cc1ccc(CC#N)cc1.[2H]C([N+]#[C-])(c1ccc(C)cc1)C1(O)C([2H])([2H])C([2H])([2H])C([2H])([2H])C([2H])([2H])C1([2H])[2H].[2H]C1([2H])C(=O)C([2H])([2H])C([2H])([2H])C([2H])([2H])C1([2H])[2H]. The van der Waals surface area contributed by atoms with Gasteiger partial charge in [0.1, 0.15) is 12.8 Å². The van der Waals surface area contributed by atoms with Crippen LogP contribution >= 0.6 is 0 Å². The van der Waals surface area contributed by atoms with Gasteiger partial charge in [0.2, 0.25) is 0 Å². The molecule has 0 saturated heterocycles. The summed E-state index contributed by atoms with van der Waals surface area (Å²) in [5, 5.41) is 19.6. The van der Waals surface area contributed by atoms with Gasteiger partial charge in [0.15, 0.2) is 0 Å². The van der Waals surface area contributed by atoms with Crippen LogP contribution in [0.1, 0.15) is 121 Å². The molecule has 0 radical (unpaired) electrons. The third kappa shape index (κ3) is 9.12. The van der Waals surface area contributed by atoms with Gasteiger partial charge in [0, 0.05) is 45.7 Å². The van der Waals surface area contributed by atoms with Crippen LogP contribution in [-0.2, 0) is 11.2 Å². The Morgan fingerprint density at radius 1 is 1.00 bits per heavy atom. The molecule has 34 heavy (non-hydrogen) atoms. The van der Waals surface area contributed by atoms with E-state index in [9.17, 15) is 9.90 Å². The smallest absolute Gasteiger partial charge is 0.276 e. The van der Waals surface area contributed by atoms with Gasteiger partial charge < -0.3 is 9.95 Å². The minimum absolute atomic E-state index is 0.377. The number of rotatable bonds is 3. The molecule has 2 aromatic carbocycles. The molecule has 4 nitrogen and oxygen atoms in total. The first-order chi connectivity index (χ1) is 24.3. The fourth-order valence-corrected chi connectivity index (χ4v) is 2.53. The first kappa shape index (κ1) is 9.96. The van der Waals surface area contributed by atoms with Crippen LogP contribution in [0.4, 0.5) is 0 Å². The van der Waals surface area contributed by atoms with Gasteiger partial charge in [-0.15, -0.1) is 0 Å². The van der Waals surface area contributed by atoms with Crippen molar-refractivity contribution in [3.63, 3.8) is 0 Å². The summed E-state index contributed by atoms with van der Waals surface area (Å²) in [6.07, 6.45) is -35.8. The Bertz CT molecular complexity index is 1780. The molecule has 180 valence electrons. The van der Waals surface area contributed by atoms with E-state index in [1.54, 1.807) is 6.92 Å². The van der Waals surface area contributed by atoms with E-state index < -0.39 is 81.1 Å². The van der Waals surface area contributed by atoms with Gasteiger partial charge in [0.05, 0.1) is 12.5 Å². The molecule has 2 saturated carbocycles. The van der Waals surface area contributed by atoms with Gasteiger partial charge >= 0.3 is 0 Å². The standard InChI is InChI=1S/C15H19NO.C9H9N.C6H10O/c1-12-6-8-13(9-7-12)14(16-2)15(17)10-4-3-5-11-15;1-8-2-4-9(5-3-8)6-7-10;7-6-4-2-1-3-5-6/h6-9,14,17H,3-5,10-11H2,1H3;2-5H,6H2,1H3;1-5H2/i3D2,4D2,5D2,10D2,11D2,14D;;1D2,2D2,3D2,4D2,5D2. The Morgan fingerprint density at radius 2 is 1.50 bits per heavy atom. The molecule has 1 N–H and O–H groups in total. The molecule has 0 aromatic heterocycles. The molecular weight excluding hydrogens is 420 g/mol. The zero-order valence-corrected chi connectivity index (χ0v) is 18.6. The first-order valence-corrected chi connectivity index (χ1v) is 9.95. The highest BCUT2D eigenvalue weighted by Gasteiger charge is 2.43. The summed E-state index contributed by atoms with van der Waals surface area (Å²) in [6.45, 7) is 11.1. The van der Waals surface area contributed by atoms with Crippen LogP contribution < -0.4 is 0 Å². The lowest BCUT2D eigenvalue weighted by Crippen LogP contribution is -2.36. The van der Waals surface area contributed by atoms with Crippen LogP contribution in [0.15, 0.2) is 48.5 Å². The molecule has 2 aliphatic rings. The lowest BCUT2D eigenvalue weighted by Gasteiger charge is -2.32. The van der Waals surface area contributed by atoms with Gasteiger partial charge in [-0.1, -0.05) is 85.1 Å². The molecule has 1 unspecified atom stereocenters. The summed E-state index contributed by atoms with van der Waals surface area (Å²) in [5.41, 5.74) is -1.28. The third-order valence-electron chi connectivity index (χ3n) is 4.27. The molecule has 2 aromatic rings. The van der Waals surface area contributed by atoms with Crippen LogP contribution in [0.25, 0.3) is 4.85 Å². The van der Waals surface area contributed by atoms with E-state index in [2.05, 4.69) is 10.9 Å². The Morgan fingerprint density at radius 3 is 2.00 bits per heavy atom. The van der Waals surface area contributed by atoms with Crippen molar-refractivity contribution < 1.29 is 38.7 Å². The highest BCUT2D eigenvalue weighted by atomic mass is 16.3. The quantitative estimate of drug-likeness (QED) is 0.472. The summed E-state index contributed by atoms with van der Waals surface area (Å²) < 4.78 is 161. The predicted octanol–water partition coefficient (Wildman–Crippen LogP) is 7.23. The molecule has 2 fully saturated rings. The molecule has 0 bridgehead atoms. The highest BCUT2D eigenvalue weighted by molar-refractivity contribution is 5.78. The van der Waals surface area contributed by atoms with E-state index in [0.717, 1.165) is 5.56 Å². The van der Waals surface area contributed by atoms with Crippen LogP contribution in [0.5, 0.6) is 0 Å². The zero-order chi connectivity index (χ0) is 43.7. The maximum Gasteiger partial charge on any atom is 0.276 e. The maximum absolute atomic E-state index is 11.5. The molecule has 0 amide bonds. The Balaban J connectivity index is 0.000000325. The molecule has 1 atom stereocenters. The molecule has 0 aliphatic heterocycles. The van der Waals surface area contributed by atoms with Crippen molar-refractivity contribution >= 4 is 5.78 Å². The van der Waals surface area contributed by atoms with Gasteiger partial charge in [-0.2, -0.15) is 5.26 Å². The van der Waals surface area contributed by atoms with Crippen molar-refractivity contribution in [2.45, 2.75) is 95.6 Å². The number of benzene rings is 2. The summed E-state index contributed by atoms with van der Waals surface area (Å²) in [5.74, 6) is -1.92. The van der Waals surface area contributed by atoms with Gasteiger partial charge in [-0.05, 0) is 44.9 Å². The number of carbonyl (C=O) groups excluding carboxylic acids is 1. The van der Waals surface area contributed by atoms with E-state index >= 15 is 0 Å². The average molecular weight is 480 g/mol. The fraction of sp³-hybridized carbons (Fsp3) is 0.500. The van der Waals surface area contributed by atoms with Crippen molar-refractivity contribution in [2.75, 3.05) is 0 Å². The van der Waals surface area contributed by atoms with Gasteiger partial charge in [-0.3, -0.25) is 4.79 Å². The Hall–Kier alpha value is -2.95. The lowest BCUT2D eigenvalue weighted by atomic mass is 9.77. The second-order valence-electron chi connectivity index (χ2n) is 6.94. The molecule has 4 rings (SSSR count). The topological polar surface area (TPSA) is 65.4 Å². The highest BCUT2D eigenvalue weighted by Crippen LogP contribution is 2.40. The normalized spacial score (nSPS) is 42.4.